The average molecular weight is 424 g/mol. The smallest absolute Gasteiger partial charge is 0.275 e. The molecule has 0 unspecified atom stereocenters. The third kappa shape index (κ3) is 5.44. The Morgan fingerprint density at radius 2 is 1.71 bits per heavy atom. The minimum atomic E-state index is -0.411. The number of carbonyl (C=O) groups is 1. The van der Waals surface area contributed by atoms with Gasteiger partial charge in [0.25, 0.3) is 5.91 Å². The molecule has 2 N–H and O–H groups in total. The predicted molar refractivity (Wildman–Crippen MR) is 125 cm³/mol. The molecular formula is C25H33N3O3. The molecule has 1 aliphatic heterocycles. The summed E-state index contributed by atoms with van der Waals surface area (Å²) in [7, 11) is 0. The summed E-state index contributed by atoms with van der Waals surface area (Å²) in [6.45, 7) is 13.3. The minimum absolute atomic E-state index is 0.0274. The van der Waals surface area contributed by atoms with Gasteiger partial charge in [-0.05, 0) is 53.6 Å². The van der Waals surface area contributed by atoms with E-state index in [1.54, 1.807) is 6.07 Å². The second-order valence-corrected chi connectivity index (χ2v) is 8.60. The number of ether oxygens (including phenoxy) is 1. The molecule has 0 atom stereocenters. The number of rotatable bonds is 6. The number of amides is 1. The third-order valence-electron chi connectivity index (χ3n) is 5.68. The lowest BCUT2D eigenvalue weighted by atomic mass is 9.92. The van der Waals surface area contributed by atoms with E-state index in [9.17, 15) is 9.90 Å². The highest BCUT2D eigenvalue weighted by Crippen LogP contribution is 2.33. The molecule has 0 spiro atoms. The van der Waals surface area contributed by atoms with Gasteiger partial charge in [0.05, 0.1) is 24.5 Å². The van der Waals surface area contributed by atoms with Crippen LogP contribution in [0, 0.1) is 0 Å². The first-order valence-corrected chi connectivity index (χ1v) is 10.9. The number of phenols is 1. The van der Waals surface area contributed by atoms with Crippen LogP contribution in [-0.2, 0) is 4.74 Å². The summed E-state index contributed by atoms with van der Waals surface area (Å²) in [4.78, 5) is 15.1. The van der Waals surface area contributed by atoms with Gasteiger partial charge in [-0.25, -0.2) is 5.43 Å². The number of hydrogen-bond donors (Lipinski definition) is 2. The molecule has 0 aromatic heterocycles. The maximum atomic E-state index is 12.8. The highest BCUT2D eigenvalue weighted by atomic mass is 16.5. The van der Waals surface area contributed by atoms with Crippen LogP contribution in [-0.4, -0.2) is 43.0 Å². The van der Waals surface area contributed by atoms with E-state index >= 15 is 0 Å². The molecule has 166 valence electrons. The molecule has 1 heterocycles. The van der Waals surface area contributed by atoms with Crippen molar-refractivity contribution in [2.45, 2.75) is 46.5 Å². The van der Waals surface area contributed by atoms with E-state index in [4.69, 9.17) is 4.74 Å². The Bertz CT molecular complexity index is 943. The minimum Gasteiger partial charge on any atom is -0.507 e. The van der Waals surface area contributed by atoms with Gasteiger partial charge in [0.1, 0.15) is 5.75 Å². The standard InChI is InChI=1S/C25H33N3O3/c1-16(2)20-14-22(17(3)4)24(29)23(15-20)25(30)27-26-18(5)19-6-8-21(9-7-19)28-10-12-31-13-11-28/h6-9,14-17,29H,10-13H2,1-5H3,(H,27,30). The Labute approximate surface area is 184 Å². The van der Waals surface area contributed by atoms with Crippen molar-refractivity contribution in [1.82, 2.24) is 5.43 Å². The summed E-state index contributed by atoms with van der Waals surface area (Å²) < 4.78 is 5.40. The topological polar surface area (TPSA) is 74.2 Å². The van der Waals surface area contributed by atoms with Crippen LogP contribution in [0.4, 0.5) is 5.69 Å². The fourth-order valence-electron chi connectivity index (χ4n) is 3.62. The number of aromatic hydroxyl groups is 1. The van der Waals surface area contributed by atoms with Gasteiger partial charge in [0.15, 0.2) is 0 Å². The van der Waals surface area contributed by atoms with E-state index in [0.29, 0.717) is 5.71 Å². The van der Waals surface area contributed by atoms with Crippen LogP contribution in [0.5, 0.6) is 5.75 Å². The number of nitrogens with zero attached hydrogens (tertiary/aromatic N) is 2. The quantitative estimate of drug-likeness (QED) is 0.525. The summed E-state index contributed by atoms with van der Waals surface area (Å²) in [6, 6.07) is 11.9. The van der Waals surface area contributed by atoms with Crippen molar-refractivity contribution < 1.29 is 14.6 Å². The molecule has 6 nitrogen and oxygen atoms in total. The number of anilines is 1. The fourth-order valence-corrected chi connectivity index (χ4v) is 3.62. The molecule has 3 rings (SSSR count). The lowest BCUT2D eigenvalue weighted by Crippen LogP contribution is -2.36. The molecule has 1 fully saturated rings. The van der Waals surface area contributed by atoms with Gasteiger partial charge in [-0.2, -0.15) is 5.10 Å². The van der Waals surface area contributed by atoms with Crippen molar-refractivity contribution in [2.24, 2.45) is 5.10 Å². The van der Waals surface area contributed by atoms with E-state index < -0.39 is 5.91 Å². The number of carbonyl (C=O) groups excluding carboxylic acids is 1. The van der Waals surface area contributed by atoms with E-state index in [0.717, 1.165) is 48.7 Å². The summed E-state index contributed by atoms with van der Waals surface area (Å²) in [5.74, 6) is -0.0221. The molecule has 1 saturated heterocycles. The second kappa shape index (κ2) is 9.96. The zero-order valence-electron chi connectivity index (χ0n) is 19.1. The Balaban J connectivity index is 1.76. The molecule has 2 aromatic rings. The van der Waals surface area contributed by atoms with Gasteiger partial charge in [0.2, 0.25) is 0 Å². The van der Waals surface area contributed by atoms with Crippen molar-refractivity contribution in [1.29, 1.82) is 0 Å². The van der Waals surface area contributed by atoms with Gasteiger partial charge in [-0.15, -0.1) is 0 Å². The van der Waals surface area contributed by atoms with Crippen molar-refractivity contribution in [3.8, 4) is 5.75 Å². The lowest BCUT2D eigenvalue weighted by Gasteiger charge is -2.28. The number of phenolic OH excluding ortho intramolecular Hbond substituents is 1. The fraction of sp³-hybridized carbons (Fsp3) is 0.440. The lowest BCUT2D eigenvalue weighted by molar-refractivity contribution is 0.0952. The summed E-state index contributed by atoms with van der Waals surface area (Å²) >= 11 is 0. The summed E-state index contributed by atoms with van der Waals surface area (Å²) in [5, 5.41) is 14.9. The Hall–Kier alpha value is -2.86. The zero-order chi connectivity index (χ0) is 22.5. The molecule has 6 heteroatoms. The third-order valence-corrected chi connectivity index (χ3v) is 5.68. The number of hydrogen-bond acceptors (Lipinski definition) is 5. The Morgan fingerprint density at radius 1 is 1.06 bits per heavy atom. The van der Waals surface area contributed by atoms with E-state index in [2.05, 4.69) is 41.4 Å². The van der Waals surface area contributed by atoms with Crippen LogP contribution in [0.15, 0.2) is 41.5 Å². The highest BCUT2D eigenvalue weighted by Gasteiger charge is 2.19. The first-order chi connectivity index (χ1) is 14.8. The Morgan fingerprint density at radius 3 is 2.29 bits per heavy atom. The SMILES string of the molecule is CC(=NNC(=O)c1cc(C(C)C)cc(C(C)C)c1O)c1ccc(N2CCOCC2)cc1. The van der Waals surface area contributed by atoms with Gasteiger partial charge >= 0.3 is 0 Å². The molecule has 2 aromatic carbocycles. The van der Waals surface area contributed by atoms with Gasteiger partial charge in [-0.1, -0.05) is 45.9 Å². The van der Waals surface area contributed by atoms with Gasteiger partial charge < -0.3 is 14.7 Å². The molecule has 0 aliphatic carbocycles. The molecule has 0 radical (unpaired) electrons. The number of hydrazone groups is 1. The molecular weight excluding hydrogens is 390 g/mol. The van der Waals surface area contributed by atoms with E-state index in [1.807, 2.05) is 39.0 Å². The van der Waals surface area contributed by atoms with Crippen LogP contribution in [0.3, 0.4) is 0 Å². The molecule has 0 bridgehead atoms. The van der Waals surface area contributed by atoms with Crippen LogP contribution in [0.2, 0.25) is 0 Å². The average Bonchev–Trinajstić information content (AvgIpc) is 2.77. The number of morpholine rings is 1. The van der Waals surface area contributed by atoms with Crippen LogP contribution in [0.25, 0.3) is 0 Å². The maximum absolute atomic E-state index is 12.8. The van der Waals surface area contributed by atoms with Crippen LogP contribution < -0.4 is 10.3 Å². The van der Waals surface area contributed by atoms with Crippen molar-refractivity contribution in [3.05, 3.63) is 58.7 Å². The monoisotopic (exact) mass is 423 g/mol. The van der Waals surface area contributed by atoms with Crippen LogP contribution >= 0.6 is 0 Å². The molecule has 0 saturated carbocycles. The number of benzene rings is 2. The van der Waals surface area contributed by atoms with Gasteiger partial charge in [-0.3, -0.25) is 4.79 Å². The zero-order valence-corrected chi connectivity index (χ0v) is 19.1. The number of nitrogens with one attached hydrogen (secondary N) is 1. The first-order valence-electron chi connectivity index (χ1n) is 10.9. The predicted octanol–water partition coefficient (Wildman–Crippen LogP) is 4.63. The van der Waals surface area contributed by atoms with E-state index in [1.165, 1.54) is 0 Å². The van der Waals surface area contributed by atoms with Crippen molar-refractivity contribution in [3.63, 3.8) is 0 Å². The van der Waals surface area contributed by atoms with Crippen molar-refractivity contribution in [2.75, 3.05) is 31.2 Å². The Kier molecular flexibility index (Phi) is 7.33. The van der Waals surface area contributed by atoms with E-state index in [-0.39, 0.29) is 23.1 Å². The summed E-state index contributed by atoms with van der Waals surface area (Å²) in [6.07, 6.45) is 0. The first kappa shape index (κ1) is 22.8. The van der Waals surface area contributed by atoms with Gasteiger partial charge in [0, 0.05) is 18.8 Å². The molecule has 31 heavy (non-hydrogen) atoms. The second-order valence-electron chi connectivity index (χ2n) is 8.60. The van der Waals surface area contributed by atoms with Crippen molar-refractivity contribution >= 4 is 17.3 Å². The van der Waals surface area contributed by atoms with Crippen LogP contribution in [0.1, 0.15) is 73.5 Å². The largest absolute Gasteiger partial charge is 0.507 e. The summed E-state index contributed by atoms with van der Waals surface area (Å²) in [5.41, 5.74) is 7.45. The normalized spacial score (nSPS) is 14.9. The molecule has 1 aliphatic rings. The highest BCUT2D eigenvalue weighted by molar-refractivity contribution is 6.02. The maximum Gasteiger partial charge on any atom is 0.275 e. The molecule has 1 amide bonds.